The van der Waals surface area contributed by atoms with Crippen LogP contribution in [0.15, 0.2) is 12.7 Å². The number of aromatic nitrogens is 4. The van der Waals surface area contributed by atoms with Crippen molar-refractivity contribution in [1.29, 1.82) is 0 Å². The Labute approximate surface area is 108 Å². The number of aliphatic hydroxyl groups excluding tert-OH is 3. The molecule has 0 aromatic carbocycles. The van der Waals surface area contributed by atoms with E-state index in [9.17, 15) is 10.2 Å². The molecule has 8 nitrogen and oxygen atoms in total. The number of fused-ring (bicyclic) bond motifs is 1. The van der Waals surface area contributed by atoms with Crippen LogP contribution in [0.3, 0.4) is 0 Å². The van der Waals surface area contributed by atoms with Crippen LogP contribution >= 0.6 is 0 Å². The maximum atomic E-state index is 9.98. The number of aliphatic hydroxyl groups is 3. The maximum Gasteiger partial charge on any atom is 0.165 e. The second-order valence-electron chi connectivity index (χ2n) is 4.51. The van der Waals surface area contributed by atoms with Crippen molar-refractivity contribution >= 4 is 11.2 Å². The quantitative estimate of drug-likeness (QED) is 0.622. The molecule has 1 fully saturated rings. The Morgan fingerprint density at radius 3 is 2.74 bits per heavy atom. The van der Waals surface area contributed by atoms with E-state index in [-0.39, 0.29) is 6.61 Å². The average molecular weight is 266 g/mol. The molecule has 0 saturated carbocycles. The topological polar surface area (TPSA) is 114 Å². The number of nitrogens with zero attached hydrogens (tertiary/aromatic N) is 4. The summed E-state index contributed by atoms with van der Waals surface area (Å²) in [7, 11) is 0. The van der Waals surface area contributed by atoms with E-state index >= 15 is 0 Å². The van der Waals surface area contributed by atoms with Crippen LogP contribution in [-0.4, -0.2) is 59.8 Å². The molecular weight excluding hydrogens is 252 g/mol. The third-order valence-corrected chi connectivity index (χ3v) is 3.33. The molecule has 1 aliphatic rings. The fraction of sp³-hybridized carbons (Fsp3) is 0.545. The minimum absolute atomic E-state index is 0.366. The predicted molar refractivity (Wildman–Crippen MR) is 63.1 cm³/mol. The smallest absolute Gasteiger partial charge is 0.165 e. The van der Waals surface area contributed by atoms with Crippen LogP contribution in [0.4, 0.5) is 0 Å². The van der Waals surface area contributed by atoms with Crippen LogP contribution in [0.25, 0.3) is 11.2 Å². The molecule has 19 heavy (non-hydrogen) atoms. The molecule has 1 saturated heterocycles. The van der Waals surface area contributed by atoms with Crippen molar-refractivity contribution < 1.29 is 20.1 Å². The number of imidazole rings is 1. The molecule has 8 heteroatoms. The van der Waals surface area contributed by atoms with Gasteiger partial charge in [-0.3, -0.25) is 4.57 Å². The van der Waals surface area contributed by atoms with Gasteiger partial charge in [-0.15, -0.1) is 0 Å². The van der Waals surface area contributed by atoms with Crippen LogP contribution in [0.2, 0.25) is 0 Å². The monoisotopic (exact) mass is 266 g/mol. The van der Waals surface area contributed by atoms with Gasteiger partial charge in [-0.25, -0.2) is 15.0 Å². The van der Waals surface area contributed by atoms with E-state index in [0.717, 1.165) is 5.69 Å². The average Bonchev–Trinajstić information content (AvgIpc) is 2.94. The van der Waals surface area contributed by atoms with E-state index in [4.69, 9.17) is 9.84 Å². The van der Waals surface area contributed by atoms with Crippen molar-refractivity contribution in [2.24, 2.45) is 0 Å². The molecule has 0 amide bonds. The predicted octanol–water partition coefficient (Wildman–Crippen LogP) is -1.25. The normalized spacial score (nSPS) is 31.2. The van der Waals surface area contributed by atoms with Crippen molar-refractivity contribution in [2.45, 2.75) is 31.5 Å². The molecular formula is C11H14N4O4. The second-order valence-corrected chi connectivity index (χ2v) is 4.51. The van der Waals surface area contributed by atoms with Gasteiger partial charge in [-0.05, 0) is 6.92 Å². The fourth-order valence-electron chi connectivity index (χ4n) is 2.27. The zero-order chi connectivity index (χ0) is 13.6. The van der Waals surface area contributed by atoms with E-state index < -0.39 is 24.5 Å². The molecule has 0 unspecified atom stereocenters. The van der Waals surface area contributed by atoms with Crippen LogP contribution in [0, 0.1) is 6.92 Å². The van der Waals surface area contributed by atoms with Gasteiger partial charge in [-0.2, -0.15) is 0 Å². The molecule has 0 radical (unpaired) electrons. The molecule has 3 N–H and O–H groups in total. The summed E-state index contributed by atoms with van der Waals surface area (Å²) >= 11 is 0. The van der Waals surface area contributed by atoms with Gasteiger partial charge in [-0.1, -0.05) is 0 Å². The Hall–Kier alpha value is -1.61. The molecule has 1 aliphatic heterocycles. The zero-order valence-corrected chi connectivity index (χ0v) is 10.2. The van der Waals surface area contributed by atoms with Crippen LogP contribution in [0.1, 0.15) is 11.9 Å². The van der Waals surface area contributed by atoms with Crippen LogP contribution < -0.4 is 0 Å². The lowest BCUT2D eigenvalue weighted by Crippen LogP contribution is -2.33. The highest BCUT2D eigenvalue weighted by Crippen LogP contribution is 2.31. The first kappa shape index (κ1) is 12.4. The number of aryl methyl sites for hydroxylation is 1. The molecule has 2 aromatic heterocycles. The van der Waals surface area contributed by atoms with Crippen molar-refractivity contribution in [3.8, 4) is 0 Å². The van der Waals surface area contributed by atoms with Gasteiger partial charge in [0.2, 0.25) is 0 Å². The maximum absolute atomic E-state index is 9.98. The number of ether oxygens (including phenoxy) is 1. The van der Waals surface area contributed by atoms with Crippen molar-refractivity contribution in [1.82, 2.24) is 19.5 Å². The van der Waals surface area contributed by atoms with Gasteiger partial charge < -0.3 is 20.1 Å². The summed E-state index contributed by atoms with van der Waals surface area (Å²) in [5, 5.41) is 28.8. The van der Waals surface area contributed by atoms with E-state index in [1.807, 2.05) is 0 Å². The van der Waals surface area contributed by atoms with E-state index in [0.29, 0.717) is 11.2 Å². The Bertz CT molecular complexity index is 601. The lowest BCUT2D eigenvalue weighted by atomic mass is 10.1. The highest BCUT2D eigenvalue weighted by molar-refractivity contribution is 5.72. The Morgan fingerprint density at radius 2 is 2.05 bits per heavy atom. The highest BCUT2D eigenvalue weighted by atomic mass is 16.6. The van der Waals surface area contributed by atoms with Crippen LogP contribution in [-0.2, 0) is 4.74 Å². The van der Waals surface area contributed by atoms with E-state index in [1.54, 1.807) is 6.92 Å². The molecule has 0 bridgehead atoms. The fourth-order valence-corrected chi connectivity index (χ4v) is 2.27. The molecule has 3 heterocycles. The molecule has 0 spiro atoms. The molecule has 2 aromatic rings. The summed E-state index contributed by atoms with van der Waals surface area (Å²) in [5.74, 6) is 0. The van der Waals surface area contributed by atoms with Crippen molar-refractivity contribution in [3.05, 3.63) is 18.3 Å². The largest absolute Gasteiger partial charge is 0.394 e. The lowest BCUT2D eigenvalue weighted by Gasteiger charge is -2.16. The summed E-state index contributed by atoms with van der Waals surface area (Å²) < 4.78 is 6.98. The zero-order valence-electron chi connectivity index (χ0n) is 10.2. The molecule has 4 atom stereocenters. The van der Waals surface area contributed by atoms with Crippen LogP contribution in [0.5, 0.6) is 0 Å². The summed E-state index contributed by atoms with van der Waals surface area (Å²) in [6, 6.07) is 0. The summed E-state index contributed by atoms with van der Waals surface area (Å²) in [4.78, 5) is 12.3. The van der Waals surface area contributed by atoms with Gasteiger partial charge in [0.25, 0.3) is 0 Å². The highest BCUT2D eigenvalue weighted by Gasteiger charge is 2.43. The van der Waals surface area contributed by atoms with Gasteiger partial charge >= 0.3 is 0 Å². The van der Waals surface area contributed by atoms with Gasteiger partial charge in [0, 0.05) is 0 Å². The van der Waals surface area contributed by atoms with Crippen molar-refractivity contribution in [3.63, 3.8) is 0 Å². The van der Waals surface area contributed by atoms with Gasteiger partial charge in [0.1, 0.15) is 30.2 Å². The summed E-state index contributed by atoms with van der Waals surface area (Å²) in [6.07, 6.45) is -1.06. The number of hydrogen-bond donors (Lipinski definition) is 3. The summed E-state index contributed by atoms with van der Waals surface area (Å²) in [5.41, 5.74) is 1.85. The third-order valence-electron chi connectivity index (χ3n) is 3.33. The number of hydrogen-bond acceptors (Lipinski definition) is 7. The van der Waals surface area contributed by atoms with Crippen molar-refractivity contribution in [2.75, 3.05) is 6.61 Å². The molecule has 3 rings (SSSR count). The van der Waals surface area contributed by atoms with Gasteiger partial charge in [0.05, 0.1) is 18.6 Å². The van der Waals surface area contributed by atoms with E-state index in [1.165, 1.54) is 17.2 Å². The first-order chi connectivity index (χ1) is 9.13. The number of rotatable bonds is 2. The minimum atomic E-state index is -1.15. The van der Waals surface area contributed by atoms with Gasteiger partial charge in [0.15, 0.2) is 11.9 Å². The standard InChI is InChI=1S/C11H14N4O4/c1-5-7-10(13-3-12-5)15(4-14-7)11-9(18)8(17)6(2-16)19-11/h3-4,6,8-9,11,16-18H,2H2,1H3/t6-,8+,9+,11-/m0/s1. The minimum Gasteiger partial charge on any atom is -0.394 e. The molecule has 0 aliphatic carbocycles. The summed E-state index contributed by atoms with van der Waals surface area (Å²) in [6.45, 7) is 1.44. The third kappa shape index (κ3) is 1.80. The lowest BCUT2D eigenvalue weighted by molar-refractivity contribution is -0.0511. The SMILES string of the molecule is Cc1ncnc2c1ncn2[C@H]1O[C@@H](CO)[C@@H](O)[C@H]1O. The first-order valence-electron chi connectivity index (χ1n) is 5.90. The first-order valence-corrected chi connectivity index (χ1v) is 5.90. The Balaban J connectivity index is 2.04. The Morgan fingerprint density at radius 1 is 1.26 bits per heavy atom. The van der Waals surface area contributed by atoms with E-state index in [2.05, 4.69) is 15.0 Å². The second kappa shape index (κ2) is 4.49. The Kier molecular flexibility index (Phi) is 2.94. The molecule has 102 valence electrons.